The van der Waals surface area contributed by atoms with Gasteiger partial charge in [-0.2, -0.15) is 11.8 Å². The third-order valence-electron chi connectivity index (χ3n) is 15.3. The van der Waals surface area contributed by atoms with Gasteiger partial charge in [0.2, 0.25) is 59.1 Å². The Morgan fingerprint density at radius 2 is 1.08 bits per heavy atom. The second kappa shape index (κ2) is 31.9. The second-order valence-electron chi connectivity index (χ2n) is 23.7. The van der Waals surface area contributed by atoms with E-state index in [2.05, 4.69) is 47.5 Å². The molecule has 0 bridgehead atoms. The van der Waals surface area contributed by atoms with Crippen molar-refractivity contribution in [3.8, 4) is 0 Å². The Bertz CT molecular complexity index is 2960. The summed E-state index contributed by atoms with van der Waals surface area (Å²) in [6.45, 7) is 14.4. The summed E-state index contributed by atoms with van der Waals surface area (Å²) in [7, 11) is 1.47. The lowest BCUT2D eigenvalue weighted by Crippen LogP contribution is -2.61. The van der Waals surface area contributed by atoms with E-state index in [1.807, 2.05) is 100 Å². The van der Waals surface area contributed by atoms with Crippen LogP contribution in [-0.2, 0) is 67.2 Å². The van der Waals surface area contributed by atoms with Crippen LogP contribution in [0.4, 0.5) is 0 Å². The summed E-state index contributed by atoms with van der Waals surface area (Å²) in [5.74, 6) is -7.01. The third-order valence-corrected chi connectivity index (χ3v) is 16.2. The van der Waals surface area contributed by atoms with Gasteiger partial charge >= 0.3 is 0 Å². The number of carbonyl (C=O) groups excluding carboxylic acids is 10. The monoisotopic (exact) mass is 1190 g/mol. The lowest BCUT2D eigenvalue weighted by atomic mass is 9.97. The van der Waals surface area contributed by atoms with E-state index in [1.54, 1.807) is 46.0 Å². The number of H-pyrrole nitrogens is 1. The summed E-state index contributed by atoms with van der Waals surface area (Å²) in [5, 5.41) is 23.6. The highest BCUT2D eigenvalue weighted by molar-refractivity contribution is 7.99. The van der Waals surface area contributed by atoms with E-state index in [0.717, 1.165) is 22.0 Å². The van der Waals surface area contributed by atoms with E-state index in [9.17, 15) is 47.9 Å². The molecule has 9 N–H and O–H groups in total. The molecule has 1 aromatic heterocycles. The molecule has 0 saturated carbocycles. The fourth-order valence-corrected chi connectivity index (χ4v) is 11.3. The molecule has 4 aromatic rings. The standard InChI is InChI=1S/C63H87N11O10S/c1-37(2)29-46-56(77)68-48(33-43-34-65-45-24-17-16-23-44(43)45)57(78)70-49(30-38(3)4)62(83)73(9)51(32-42-21-14-11-15-22-42)59(80)66-35-52(75)64-26-28-85-36-53(76)67-47(31-41-19-12-10-13-20-41)58(79)72-55(40(7)8)63(84)74-27-18-25-50(74)60(81)71-54(39(5)6)61(82)69-46/h10-17,19-24,34,37-40,46-51,54-55,65H,18,25-33,35-36H2,1-9H3,(H,64,75)(H,66,80)(H,67,76)(H,68,77)(H,69,82)(H,70,78)(H,71,81)(H,72,79)/t46-,47-,48-,49-,50-,51-,54-,55-/m0/s1. The minimum Gasteiger partial charge on any atom is -0.361 e. The molecule has 8 atom stereocenters. The van der Waals surface area contributed by atoms with Crippen LogP contribution in [0.15, 0.2) is 91.1 Å². The van der Waals surface area contributed by atoms with Crippen molar-refractivity contribution < 1.29 is 47.9 Å². The zero-order chi connectivity index (χ0) is 61.9. The van der Waals surface area contributed by atoms with Crippen molar-refractivity contribution in [1.29, 1.82) is 0 Å². The summed E-state index contributed by atoms with van der Waals surface area (Å²) >= 11 is 1.21. The number of aromatic amines is 1. The molecule has 2 saturated heterocycles. The Morgan fingerprint density at radius 1 is 0.529 bits per heavy atom. The van der Waals surface area contributed by atoms with Crippen molar-refractivity contribution in [1.82, 2.24) is 57.3 Å². The third kappa shape index (κ3) is 19.4. The molecule has 2 aliphatic heterocycles. The summed E-state index contributed by atoms with van der Waals surface area (Å²) in [4.78, 5) is 149. The van der Waals surface area contributed by atoms with Crippen molar-refractivity contribution in [2.75, 3.05) is 38.2 Å². The first kappa shape index (κ1) is 66.4. The van der Waals surface area contributed by atoms with Crippen LogP contribution in [-0.4, -0.2) is 160 Å². The Hall–Kier alpha value is -7.75. The molecule has 460 valence electrons. The molecule has 21 nitrogen and oxygen atoms in total. The number of hydrogen-bond acceptors (Lipinski definition) is 11. The number of likely N-dealkylation sites (N-methyl/N-ethyl adjacent to an activating group) is 1. The van der Waals surface area contributed by atoms with Crippen molar-refractivity contribution in [3.63, 3.8) is 0 Å². The number of nitrogens with zero attached hydrogens (tertiary/aromatic N) is 2. The molecule has 0 spiro atoms. The molecule has 6 rings (SSSR count). The summed E-state index contributed by atoms with van der Waals surface area (Å²) < 4.78 is 0. The number of fused-ring (bicyclic) bond motifs is 2. The molecule has 10 amide bonds. The highest BCUT2D eigenvalue weighted by Gasteiger charge is 2.42. The van der Waals surface area contributed by atoms with Crippen molar-refractivity contribution in [2.45, 2.75) is 149 Å². The number of benzene rings is 3. The topological polar surface area (TPSA) is 289 Å². The summed E-state index contributed by atoms with van der Waals surface area (Å²) in [5.41, 5.74) is 2.96. The van der Waals surface area contributed by atoms with Crippen LogP contribution >= 0.6 is 11.8 Å². The fraction of sp³-hybridized carbons (Fsp3) is 0.524. The average molecular weight is 1190 g/mol. The average Bonchev–Trinajstić information content (AvgIpc) is 4.39. The first-order valence-corrected chi connectivity index (χ1v) is 30.8. The van der Waals surface area contributed by atoms with Gasteiger partial charge in [0.15, 0.2) is 0 Å². The molecular weight excluding hydrogens is 1100 g/mol. The zero-order valence-electron chi connectivity index (χ0n) is 50.5. The van der Waals surface area contributed by atoms with Gasteiger partial charge in [0.1, 0.15) is 48.3 Å². The van der Waals surface area contributed by atoms with Crippen molar-refractivity contribution in [2.24, 2.45) is 23.7 Å². The first-order valence-electron chi connectivity index (χ1n) is 29.6. The normalized spacial score (nSPS) is 24.1. The number of aromatic nitrogens is 1. The van der Waals surface area contributed by atoms with E-state index < -0.39 is 126 Å². The predicted molar refractivity (Wildman–Crippen MR) is 327 cm³/mol. The number of thioether (sulfide) groups is 1. The quantitative estimate of drug-likeness (QED) is 0.0992. The smallest absolute Gasteiger partial charge is 0.246 e. The lowest BCUT2D eigenvalue weighted by molar-refractivity contribution is -0.143. The number of hydrogen-bond donors (Lipinski definition) is 9. The first-order chi connectivity index (χ1) is 40.5. The van der Waals surface area contributed by atoms with Gasteiger partial charge in [-0.25, -0.2) is 0 Å². The van der Waals surface area contributed by atoms with Crippen molar-refractivity contribution >= 4 is 81.7 Å². The van der Waals surface area contributed by atoms with E-state index in [4.69, 9.17) is 0 Å². The fourth-order valence-electron chi connectivity index (χ4n) is 10.7. The Morgan fingerprint density at radius 3 is 1.73 bits per heavy atom. The largest absolute Gasteiger partial charge is 0.361 e. The zero-order valence-corrected chi connectivity index (χ0v) is 51.3. The van der Waals surface area contributed by atoms with Crippen LogP contribution in [0, 0.1) is 23.7 Å². The number of rotatable bonds is 12. The molecule has 3 heterocycles. The Labute approximate surface area is 503 Å². The lowest BCUT2D eigenvalue weighted by Gasteiger charge is -2.33. The van der Waals surface area contributed by atoms with Crippen LogP contribution in [0.2, 0.25) is 0 Å². The number of amides is 10. The van der Waals surface area contributed by atoms with Crippen LogP contribution in [0.25, 0.3) is 10.9 Å². The molecule has 85 heavy (non-hydrogen) atoms. The molecule has 2 aliphatic rings. The maximum Gasteiger partial charge on any atom is 0.246 e. The Balaban J connectivity index is 1.34. The predicted octanol–water partition coefficient (Wildman–Crippen LogP) is 3.31. The minimum absolute atomic E-state index is 0.0337. The maximum atomic E-state index is 15.0. The van der Waals surface area contributed by atoms with Crippen molar-refractivity contribution in [3.05, 3.63) is 108 Å². The van der Waals surface area contributed by atoms with E-state index in [-0.39, 0.29) is 69.2 Å². The SMILES string of the molecule is CC(C)C[C@@H]1NC(=O)[C@H](C(C)C)NC(=O)[C@@H]2CCCN2C(=O)[C@H](C(C)C)NC(=O)[C@H](Cc2ccccc2)NC(=O)CSCCNC(=O)CNC(=O)[C@H](Cc2ccccc2)N(C)C(=O)[C@H](CC(C)C)NC(=O)[C@H](Cc2c[nH]c3ccccc23)NC1=O. The van der Waals surface area contributed by atoms with Gasteiger partial charge in [0, 0.05) is 62.3 Å². The molecule has 0 aliphatic carbocycles. The van der Waals surface area contributed by atoms with Gasteiger partial charge in [-0.05, 0) is 72.1 Å². The number of carbonyl (C=O) groups is 10. The molecule has 2 fully saturated rings. The highest BCUT2D eigenvalue weighted by atomic mass is 32.2. The van der Waals surface area contributed by atoms with Gasteiger partial charge in [0.25, 0.3) is 0 Å². The van der Waals surface area contributed by atoms with Gasteiger partial charge in [-0.15, -0.1) is 0 Å². The summed E-state index contributed by atoms with van der Waals surface area (Å²) in [6.07, 6.45) is 2.89. The van der Waals surface area contributed by atoms with Gasteiger partial charge < -0.3 is 57.3 Å². The van der Waals surface area contributed by atoms with Crippen LogP contribution in [0.1, 0.15) is 97.8 Å². The number of nitrogens with one attached hydrogen (secondary N) is 9. The van der Waals surface area contributed by atoms with E-state index in [0.29, 0.717) is 17.7 Å². The molecule has 0 unspecified atom stereocenters. The van der Waals surface area contributed by atoms with Gasteiger partial charge in [0.05, 0.1) is 12.3 Å². The second-order valence-corrected chi connectivity index (χ2v) is 24.8. The molecule has 22 heteroatoms. The van der Waals surface area contributed by atoms with Crippen LogP contribution < -0.4 is 42.5 Å². The minimum atomic E-state index is -1.30. The van der Waals surface area contributed by atoms with E-state index >= 15 is 0 Å². The molecule has 3 aromatic carbocycles. The van der Waals surface area contributed by atoms with Crippen LogP contribution in [0.3, 0.4) is 0 Å². The Kier molecular flexibility index (Phi) is 25.0. The number of para-hydroxylation sites is 1. The summed E-state index contributed by atoms with van der Waals surface area (Å²) in [6, 6.07) is 16.4. The highest BCUT2D eigenvalue weighted by Crippen LogP contribution is 2.24. The van der Waals surface area contributed by atoms with E-state index in [1.165, 1.54) is 28.6 Å². The van der Waals surface area contributed by atoms with Gasteiger partial charge in [-0.3, -0.25) is 47.9 Å². The van der Waals surface area contributed by atoms with Gasteiger partial charge in [-0.1, -0.05) is 134 Å². The van der Waals surface area contributed by atoms with Crippen LogP contribution in [0.5, 0.6) is 0 Å². The molecule has 0 radical (unpaired) electrons. The maximum absolute atomic E-state index is 15.0. The molecular formula is C63H87N11O10S.